The summed E-state index contributed by atoms with van der Waals surface area (Å²) in [5, 5.41) is 10.2. The van der Waals surface area contributed by atoms with Crippen molar-refractivity contribution in [3.05, 3.63) is 59.2 Å². The van der Waals surface area contributed by atoms with Crippen LogP contribution in [0, 0.1) is 6.92 Å². The zero-order chi connectivity index (χ0) is 24.0. The number of hydrogen-bond acceptors (Lipinski definition) is 8. The van der Waals surface area contributed by atoms with Crippen molar-refractivity contribution in [2.45, 2.75) is 22.6 Å². The number of rotatable bonds is 6. The number of carbonyl (C=O) groups excluding carboxylic acids is 1. The number of nitrogens with zero attached hydrogens (tertiary/aromatic N) is 4. The van der Waals surface area contributed by atoms with Gasteiger partial charge in [0.05, 0.1) is 10.6 Å². The molecule has 1 amide bonds. The number of amides is 1. The molecule has 4 rings (SSSR count). The second-order valence-electron chi connectivity index (χ2n) is 7.60. The predicted octanol–water partition coefficient (Wildman–Crippen LogP) is 2.10. The van der Waals surface area contributed by atoms with E-state index in [-0.39, 0.29) is 20.9 Å². The Hall–Kier alpha value is -2.87. The highest BCUT2D eigenvalue weighted by molar-refractivity contribution is 7.94. The maximum Gasteiger partial charge on any atom is 0.293 e. The number of anilines is 2. The van der Waals surface area contributed by atoms with Crippen LogP contribution in [-0.4, -0.2) is 57.9 Å². The number of carbonyl (C=O) groups is 1. The molecule has 0 bridgehead atoms. The Morgan fingerprint density at radius 1 is 1.06 bits per heavy atom. The summed E-state index contributed by atoms with van der Waals surface area (Å²) in [6.45, 7) is 2.05. The number of benzene rings is 2. The first kappa shape index (κ1) is 23.3. The second kappa shape index (κ2) is 8.48. The number of aryl methyl sites for hydroxylation is 1. The molecule has 10 nitrogen and oxygen atoms in total. The summed E-state index contributed by atoms with van der Waals surface area (Å²) < 4.78 is 53.2. The molecule has 0 saturated carbocycles. The van der Waals surface area contributed by atoms with Crippen LogP contribution < -0.4 is 9.62 Å². The predicted molar refractivity (Wildman–Crippen MR) is 125 cm³/mol. The third-order valence-corrected chi connectivity index (χ3v) is 9.94. The average Bonchev–Trinajstić information content (AvgIpc) is 3.41. The third kappa shape index (κ3) is 4.36. The van der Waals surface area contributed by atoms with Crippen LogP contribution in [0.15, 0.2) is 51.7 Å². The van der Waals surface area contributed by atoms with Gasteiger partial charge in [-0.25, -0.2) is 12.7 Å². The molecule has 1 aliphatic heterocycles. The summed E-state index contributed by atoms with van der Waals surface area (Å²) in [6.07, 6.45) is 0.362. The van der Waals surface area contributed by atoms with Gasteiger partial charge in [0.15, 0.2) is 0 Å². The van der Waals surface area contributed by atoms with Crippen molar-refractivity contribution in [1.82, 2.24) is 14.5 Å². The Kier molecular flexibility index (Phi) is 5.99. The lowest BCUT2D eigenvalue weighted by Gasteiger charge is -2.18. The van der Waals surface area contributed by atoms with Crippen molar-refractivity contribution in [1.29, 1.82) is 0 Å². The summed E-state index contributed by atoms with van der Waals surface area (Å²) in [4.78, 5) is 12.5. The molecule has 1 N–H and O–H groups in total. The Labute approximate surface area is 196 Å². The number of aromatic nitrogens is 2. The molecule has 0 spiro atoms. The van der Waals surface area contributed by atoms with Crippen molar-refractivity contribution < 1.29 is 21.6 Å². The maximum absolute atomic E-state index is 13.2. The van der Waals surface area contributed by atoms with Gasteiger partial charge in [0.1, 0.15) is 0 Å². The van der Waals surface area contributed by atoms with Crippen molar-refractivity contribution in [2.75, 3.05) is 30.3 Å². The minimum Gasteiger partial charge on any atom is -0.296 e. The molecule has 0 aliphatic carbocycles. The van der Waals surface area contributed by atoms with Crippen LogP contribution in [0.25, 0.3) is 0 Å². The van der Waals surface area contributed by atoms with E-state index in [0.29, 0.717) is 23.2 Å². The molecule has 1 aromatic heterocycles. The van der Waals surface area contributed by atoms with Gasteiger partial charge in [0, 0.05) is 26.2 Å². The van der Waals surface area contributed by atoms with Crippen molar-refractivity contribution in [3.63, 3.8) is 0 Å². The van der Waals surface area contributed by atoms with Crippen LogP contribution >= 0.6 is 11.3 Å². The van der Waals surface area contributed by atoms with Crippen molar-refractivity contribution in [2.24, 2.45) is 0 Å². The smallest absolute Gasteiger partial charge is 0.293 e. The Balaban J connectivity index is 1.57. The quantitative estimate of drug-likeness (QED) is 0.506. The molecular formula is C20H21N5O5S3. The van der Waals surface area contributed by atoms with Gasteiger partial charge in [0.2, 0.25) is 15.2 Å². The molecule has 0 unspecified atom stereocenters. The Bertz CT molecular complexity index is 1430. The Morgan fingerprint density at radius 2 is 1.76 bits per heavy atom. The molecule has 2 heterocycles. The fraction of sp³-hybridized carbons (Fsp3) is 0.250. The normalized spacial score (nSPS) is 13.9. The molecule has 2 aromatic carbocycles. The van der Waals surface area contributed by atoms with E-state index >= 15 is 0 Å². The van der Waals surface area contributed by atoms with Crippen molar-refractivity contribution in [3.8, 4) is 0 Å². The topological polar surface area (TPSA) is 130 Å². The van der Waals surface area contributed by atoms with Gasteiger partial charge in [0.25, 0.3) is 20.3 Å². The van der Waals surface area contributed by atoms with Gasteiger partial charge in [-0.15, -0.1) is 10.2 Å². The van der Waals surface area contributed by atoms with Crippen LogP contribution in [0.1, 0.15) is 21.5 Å². The summed E-state index contributed by atoms with van der Waals surface area (Å²) in [5.74, 6) is -0.420. The van der Waals surface area contributed by atoms with E-state index < -0.39 is 26.0 Å². The molecular weight excluding hydrogens is 486 g/mol. The van der Waals surface area contributed by atoms with E-state index in [1.807, 2.05) is 6.92 Å². The van der Waals surface area contributed by atoms with Gasteiger partial charge in [-0.2, -0.15) is 8.42 Å². The lowest BCUT2D eigenvalue weighted by Crippen LogP contribution is -2.29. The number of fused-ring (bicyclic) bond motifs is 1. The van der Waals surface area contributed by atoms with Crippen LogP contribution in [0.3, 0.4) is 0 Å². The highest BCUT2D eigenvalue weighted by Gasteiger charge is 2.35. The third-order valence-electron chi connectivity index (χ3n) is 5.13. The van der Waals surface area contributed by atoms with E-state index in [2.05, 4.69) is 15.5 Å². The van der Waals surface area contributed by atoms with Gasteiger partial charge >= 0.3 is 0 Å². The molecule has 0 atom stereocenters. The standard InChI is InChI=1S/C20H21N5O5S3/c1-13-4-6-14(7-5-13)18(26)21-19-22-23-20(31-19)33(29,30)25-11-10-15-12-16(8-9-17(15)25)32(27,28)24(2)3/h4-9,12H,10-11H2,1-3H3,(H,21,22,26). The van der Waals surface area contributed by atoms with Crippen LogP contribution in [0.4, 0.5) is 10.8 Å². The van der Waals surface area contributed by atoms with E-state index in [9.17, 15) is 21.6 Å². The van der Waals surface area contributed by atoms with E-state index in [1.54, 1.807) is 24.3 Å². The lowest BCUT2D eigenvalue weighted by atomic mass is 10.1. The summed E-state index contributed by atoms with van der Waals surface area (Å²) in [5.41, 5.74) is 2.43. The van der Waals surface area contributed by atoms with Gasteiger partial charge < -0.3 is 0 Å². The SMILES string of the molecule is Cc1ccc(C(=O)Nc2nnc(S(=O)(=O)N3CCc4cc(S(=O)(=O)N(C)C)ccc43)s2)cc1. The summed E-state index contributed by atoms with van der Waals surface area (Å²) >= 11 is 0.752. The second-order valence-corrected chi connectivity index (χ2v) is 12.8. The van der Waals surface area contributed by atoms with Crippen LogP contribution in [-0.2, 0) is 26.5 Å². The van der Waals surface area contributed by atoms with E-state index in [1.165, 1.54) is 36.6 Å². The monoisotopic (exact) mass is 507 g/mol. The molecule has 3 aromatic rings. The van der Waals surface area contributed by atoms with Gasteiger partial charge in [-0.1, -0.05) is 29.0 Å². The molecule has 1 aliphatic rings. The zero-order valence-electron chi connectivity index (χ0n) is 18.0. The maximum atomic E-state index is 13.2. The fourth-order valence-corrected chi connectivity index (χ4v) is 6.76. The van der Waals surface area contributed by atoms with Crippen molar-refractivity contribution >= 4 is 48.1 Å². The molecule has 0 fully saturated rings. The van der Waals surface area contributed by atoms with Gasteiger partial charge in [-0.05, 0) is 49.2 Å². The molecule has 174 valence electrons. The van der Waals surface area contributed by atoms with Crippen LogP contribution in [0.5, 0.6) is 0 Å². The first-order valence-corrected chi connectivity index (χ1v) is 13.5. The molecule has 0 radical (unpaired) electrons. The molecule has 33 heavy (non-hydrogen) atoms. The molecule has 0 saturated heterocycles. The first-order valence-electron chi connectivity index (χ1n) is 9.80. The fourth-order valence-electron chi connectivity index (χ4n) is 3.30. The van der Waals surface area contributed by atoms with Gasteiger partial charge in [-0.3, -0.25) is 14.4 Å². The largest absolute Gasteiger partial charge is 0.296 e. The Morgan fingerprint density at radius 3 is 2.42 bits per heavy atom. The van der Waals surface area contributed by atoms with E-state index in [0.717, 1.165) is 21.2 Å². The lowest BCUT2D eigenvalue weighted by molar-refractivity contribution is 0.102. The first-order chi connectivity index (χ1) is 15.5. The minimum absolute atomic E-state index is 0.0611. The minimum atomic E-state index is -4.03. The summed E-state index contributed by atoms with van der Waals surface area (Å²) in [6, 6.07) is 11.3. The van der Waals surface area contributed by atoms with E-state index in [4.69, 9.17) is 0 Å². The van der Waals surface area contributed by atoms with Crippen LogP contribution in [0.2, 0.25) is 0 Å². The highest BCUT2D eigenvalue weighted by atomic mass is 32.2. The highest BCUT2D eigenvalue weighted by Crippen LogP contribution is 2.36. The number of hydrogen-bond donors (Lipinski definition) is 1. The zero-order valence-corrected chi connectivity index (χ0v) is 20.5. The number of nitrogens with one attached hydrogen (secondary N) is 1. The average molecular weight is 508 g/mol. The molecule has 13 heteroatoms. The number of sulfonamides is 2. The summed E-state index contributed by atoms with van der Waals surface area (Å²) in [7, 11) is -4.80.